The monoisotopic (exact) mass is 444 g/mol. The predicted molar refractivity (Wildman–Crippen MR) is 105 cm³/mol. The zero-order chi connectivity index (χ0) is 22.3. The Hall–Kier alpha value is -2.42. The van der Waals surface area contributed by atoms with Crippen LogP contribution in [0.5, 0.6) is 0 Å². The lowest BCUT2D eigenvalue weighted by molar-refractivity contribution is -0.141. The molecule has 0 atom stereocenters. The lowest BCUT2D eigenvalue weighted by Crippen LogP contribution is -2.10. The smallest absolute Gasteiger partial charge is 0.232 e. The molecule has 0 aliphatic carbocycles. The van der Waals surface area contributed by atoms with Crippen molar-refractivity contribution < 1.29 is 26.3 Å². The van der Waals surface area contributed by atoms with Gasteiger partial charge in [0.15, 0.2) is 5.69 Å². The first-order valence-corrected chi connectivity index (χ1v) is 9.88. The van der Waals surface area contributed by atoms with Gasteiger partial charge in [-0.1, -0.05) is 18.2 Å². The highest BCUT2D eigenvalue weighted by atomic mass is 32.2. The molecule has 0 aliphatic rings. The van der Waals surface area contributed by atoms with Crippen LogP contribution in [0.1, 0.15) is 22.4 Å². The van der Waals surface area contributed by atoms with E-state index in [2.05, 4.69) is 5.10 Å². The zero-order valence-electron chi connectivity index (χ0n) is 16.3. The van der Waals surface area contributed by atoms with Crippen LogP contribution < -0.4 is 0 Å². The normalized spacial score (nSPS) is 12.4. The molecule has 0 aliphatic heterocycles. The van der Waals surface area contributed by atoms with Gasteiger partial charge in [0.2, 0.25) is 0 Å². The molecule has 0 spiro atoms. The van der Waals surface area contributed by atoms with E-state index in [9.17, 15) is 26.3 Å². The maximum atomic E-state index is 13.4. The van der Waals surface area contributed by atoms with Gasteiger partial charge in [0, 0.05) is 10.5 Å². The maximum absolute atomic E-state index is 13.4. The fraction of sp³-hybridized carbons (Fsp3) is 0.286. The quantitative estimate of drug-likeness (QED) is 0.314. The van der Waals surface area contributed by atoms with Gasteiger partial charge >= 0.3 is 12.4 Å². The Morgan fingerprint density at radius 2 is 1.50 bits per heavy atom. The summed E-state index contributed by atoms with van der Waals surface area (Å²) < 4.78 is 79.2. The largest absolute Gasteiger partial charge is 0.435 e. The number of halogens is 6. The Labute approximate surface area is 173 Å². The molecule has 2 aromatic carbocycles. The Morgan fingerprint density at radius 1 is 0.867 bits per heavy atom. The van der Waals surface area contributed by atoms with Gasteiger partial charge in [-0.05, 0) is 61.7 Å². The number of rotatable bonds is 4. The SMILES string of the molecule is Cc1cc(C)cc(-n2nc(C(F)(F)F)cc2-c2ccc(C)c(SCC(F)(F)F)c2)c1. The van der Waals surface area contributed by atoms with Crippen LogP contribution in [0.2, 0.25) is 0 Å². The minimum Gasteiger partial charge on any atom is -0.232 e. The molecule has 0 bridgehead atoms. The zero-order valence-corrected chi connectivity index (χ0v) is 17.1. The fourth-order valence-corrected chi connectivity index (χ4v) is 3.89. The number of hydrogen-bond donors (Lipinski definition) is 0. The number of alkyl halides is 6. The molecule has 1 aromatic heterocycles. The molecule has 0 saturated carbocycles. The Balaban J connectivity index is 2.14. The fourth-order valence-electron chi connectivity index (χ4n) is 3.07. The average Bonchev–Trinajstić information content (AvgIpc) is 3.05. The molecule has 0 radical (unpaired) electrons. The summed E-state index contributed by atoms with van der Waals surface area (Å²) in [7, 11) is 0. The van der Waals surface area contributed by atoms with Crippen LogP contribution in [0.3, 0.4) is 0 Å². The molecule has 30 heavy (non-hydrogen) atoms. The van der Waals surface area contributed by atoms with E-state index in [4.69, 9.17) is 0 Å². The van der Waals surface area contributed by atoms with Gasteiger partial charge in [-0.25, -0.2) is 4.68 Å². The van der Waals surface area contributed by atoms with Gasteiger partial charge in [0.25, 0.3) is 0 Å². The Morgan fingerprint density at radius 3 is 2.07 bits per heavy atom. The molecular formula is C21H18F6N2S. The third kappa shape index (κ3) is 5.19. The number of thioether (sulfide) groups is 1. The minimum absolute atomic E-state index is 0.154. The first kappa shape index (κ1) is 22.3. The van der Waals surface area contributed by atoms with Crippen LogP contribution in [-0.4, -0.2) is 21.7 Å². The molecule has 3 rings (SSSR count). The Bertz CT molecular complexity index is 1050. The van der Waals surface area contributed by atoms with E-state index in [1.807, 2.05) is 19.9 Å². The topological polar surface area (TPSA) is 17.8 Å². The van der Waals surface area contributed by atoms with Gasteiger partial charge in [-0.2, -0.15) is 31.4 Å². The number of aromatic nitrogens is 2. The standard InChI is InChI=1S/C21H18F6N2S/c1-12-6-13(2)8-16(7-12)29-17(10-19(28-29)21(25,26)27)15-5-4-14(3)18(9-15)30-11-20(22,23)24/h4-10H,11H2,1-3H3. The van der Waals surface area contributed by atoms with Gasteiger partial charge < -0.3 is 0 Å². The van der Waals surface area contributed by atoms with Crippen LogP contribution >= 0.6 is 11.8 Å². The lowest BCUT2D eigenvalue weighted by Gasteiger charge is -2.13. The van der Waals surface area contributed by atoms with Crippen molar-refractivity contribution in [1.29, 1.82) is 0 Å². The highest BCUT2D eigenvalue weighted by Crippen LogP contribution is 2.36. The second-order valence-electron chi connectivity index (χ2n) is 7.05. The van der Waals surface area contributed by atoms with Gasteiger partial charge in [0.1, 0.15) is 0 Å². The third-order valence-electron chi connectivity index (χ3n) is 4.33. The summed E-state index contributed by atoms with van der Waals surface area (Å²) in [5.41, 5.74) is 2.20. The van der Waals surface area contributed by atoms with E-state index in [0.29, 0.717) is 33.5 Å². The molecule has 160 valence electrons. The van der Waals surface area contributed by atoms with Crippen molar-refractivity contribution in [1.82, 2.24) is 9.78 Å². The van der Waals surface area contributed by atoms with E-state index in [0.717, 1.165) is 17.2 Å². The van der Waals surface area contributed by atoms with E-state index < -0.39 is 23.8 Å². The van der Waals surface area contributed by atoms with Gasteiger partial charge in [-0.15, -0.1) is 11.8 Å². The molecule has 0 saturated heterocycles. The average molecular weight is 444 g/mol. The van der Waals surface area contributed by atoms with Crippen molar-refractivity contribution in [2.75, 3.05) is 5.75 Å². The maximum Gasteiger partial charge on any atom is 0.435 e. The van der Waals surface area contributed by atoms with Crippen LogP contribution in [0.25, 0.3) is 16.9 Å². The molecule has 2 nitrogen and oxygen atoms in total. The molecule has 9 heteroatoms. The summed E-state index contributed by atoms with van der Waals surface area (Å²) in [6.45, 7) is 5.30. The van der Waals surface area contributed by atoms with Crippen molar-refractivity contribution in [2.45, 2.75) is 38.0 Å². The Kier molecular flexibility index (Phi) is 5.95. The van der Waals surface area contributed by atoms with E-state index >= 15 is 0 Å². The van der Waals surface area contributed by atoms with E-state index in [1.54, 1.807) is 31.2 Å². The van der Waals surface area contributed by atoms with Gasteiger partial charge in [0.05, 0.1) is 17.1 Å². The molecular weight excluding hydrogens is 426 g/mol. The van der Waals surface area contributed by atoms with Crippen molar-refractivity contribution in [3.63, 3.8) is 0 Å². The summed E-state index contributed by atoms with van der Waals surface area (Å²) in [6, 6.07) is 10.9. The van der Waals surface area contributed by atoms with E-state index in [1.165, 1.54) is 10.7 Å². The van der Waals surface area contributed by atoms with Crippen molar-refractivity contribution in [2.24, 2.45) is 0 Å². The number of hydrogen-bond acceptors (Lipinski definition) is 2. The molecule has 0 N–H and O–H groups in total. The van der Waals surface area contributed by atoms with Crippen molar-refractivity contribution >= 4 is 11.8 Å². The van der Waals surface area contributed by atoms with Crippen LogP contribution in [0.15, 0.2) is 47.4 Å². The first-order valence-electron chi connectivity index (χ1n) is 8.90. The molecule has 3 aromatic rings. The summed E-state index contributed by atoms with van der Waals surface area (Å²) in [6.07, 6.45) is -9.01. The number of benzene rings is 2. The summed E-state index contributed by atoms with van der Waals surface area (Å²) in [5.74, 6) is -1.08. The lowest BCUT2D eigenvalue weighted by atomic mass is 10.1. The minimum atomic E-state index is -4.66. The predicted octanol–water partition coefficient (Wildman–Crippen LogP) is 7.14. The molecule has 0 unspecified atom stereocenters. The third-order valence-corrected chi connectivity index (χ3v) is 5.55. The highest BCUT2D eigenvalue weighted by molar-refractivity contribution is 7.99. The van der Waals surface area contributed by atoms with Crippen LogP contribution in [-0.2, 0) is 6.18 Å². The summed E-state index contributed by atoms with van der Waals surface area (Å²) in [4.78, 5) is 0.353. The second kappa shape index (κ2) is 8.02. The highest BCUT2D eigenvalue weighted by Gasteiger charge is 2.35. The molecule has 0 amide bonds. The van der Waals surface area contributed by atoms with Crippen molar-refractivity contribution in [3.05, 3.63) is 64.8 Å². The van der Waals surface area contributed by atoms with Crippen LogP contribution in [0, 0.1) is 20.8 Å². The number of nitrogens with zero attached hydrogens (tertiary/aromatic N) is 2. The molecule has 0 fully saturated rings. The summed E-state index contributed by atoms with van der Waals surface area (Å²) in [5, 5.41) is 3.75. The second-order valence-corrected chi connectivity index (χ2v) is 8.07. The first-order chi connectivity index (χ1) is 13.8. The van der Waals surface area contributed by atoms with Crippen molar-refractivity contribution in [3.8, 4) is 16.9 Å². The number of aryl methyl sites for hydroxylation is 3. The van der Waals surface area contributed by atoms with Crippen LogP contribution in [0.4, 0.5) is 26.3 Å². The van der Waals surface area contributed by atoms with E-state index in [-0.39, 0.29) is 5.69 Å². The summed E-state index contributed by atoms with van der Waals surface area (Å²) >= 11 is 0.605. The van der Waals surface area contributed by atoms with Gasteiger partial charge in [-0.3, -0.25) is 0 Å². The molecule has 1 heterocycles.